The van der Waals surface area contributed by atoms with E-state index >= 15 is 0 Å². The van der Waals surface area contributed by atoms with Crippen LogP contribution in [-0.4, -0.2) is 23.9 Å². The van der Waals surface area contributed by atoms with E-state index in [1.165, 1.54) is 6.07 Å². The average molecular weight is 349 g/mol. The van der Waals surface area contributed by atoms with E-state index in [9.17, 15) is 14.9 Å². The lowest BCUT2D eigenvalue weighted by Crippen LogP contribution is -2.29. The fourth-order valence-corrected chi connectivity index (χ4v) is 1.72. The zero-order chi connectivity index (χ0) is 12.8. The van der Waals surface area contributed by atoms with Gasteiger partial charge >= 0.3 is 0 Å². The number of likely N-dealkylation sites (N-methyl/N-ethyl adjacent to an activating group) is 1. The Kier molecular flexibility index (Phi) is 5.13. The van der Waals surface area contributed by atoms with Gasteiger partial charge in [-0.05, 0) is 41.6 Å². The van der Waals surface area contributed by atoms with Crippen LogP contribution in [0.3, 0.4) is 0 Å². The number of nitro benzene ring substituents is 1. The first-order valence-corrected chi connectivity index (χ1v) is 6.07. The summed E-state index contributed by atoms with van der Waals surface area (Å²) in [5.41, 5.74) is 0.322. The number of nitrogens with one attached hydrogen (secondary N) is 2. The Balaban J connectivity index is 2.77. The average Bonchev–Trinajstić information content (AvgIpc) is 2.27. The molecule has 0 fully saturated rings. The maximum absolute atomic E-state index is 11.2. The smallest absolute Gasteiger partial charge is 0.293 e. The van der Waals surface area contributed by atoms with Gasteiger partial charge in [0.2, 0.25) is 5.91 Å². The van der Waals surface area contributed by atoms with Crippen molar-refractivity contribution >= 4 is 39.9 Å². The van der Waals surface area contributed by atoms with Crippen LogP contribution in [-0.2, 0) is 4.79 Å². The molecule has 0 unspecified atom stereocenters. The molecule has 17 heavy (non-hydrogen) atoms. The van der Waals surface area contributed by atoms with Crippen molar-refractivity contribution in [3.63, 3.8) is 0 Å². The summed E-state index contributed by atoms with van der Waals surface area (Å²) in [4.78, 5) is 21.6. The van der Waals surface area contributed by atoms with E-state index in [1.54, 1.807) is 12.1 Å². The minimum Gasteiger partial charge on any atom is -0.371 e. The summed E-state index contributed by atoms with van der Waals surface area (Å²) in [5.74, 6) is -0.194. The van der Waals surface area contributed by atoms with Gasteiger partial charge in [0.15, 0.2) is 0 Å². The minimum absolute atomic E-state index is 0.0231. The van der Waals surface area contributed by atoms with Crippen LogP contribution in [0, 0.1) is 13.7 Å². The zero-order valence-electron chi connectivity index (χ0n) is 9.20. The van der Waals surface area contributed by atoms with Crippen molar-refractivity contribution in [3.05, 3.63) is 31.9 Å². The van der Waals surface area contributed by atoms with Crippen LogP contribution < -0.4 is 10.6 Å². The molecule has 1 aromatic carbocycles. The first-order valence-electron chi connectivity index (χ1n) is 4.99. The summed E-state index contributed by atoms with van der Waals surface area (Å²) in [6.07, 6.45) is 0. The predicted octanol–water partition coefficient (Wildman–Crippen LogP) is 1.75. The molecule has 0 heterocycles. The summed E-state index contributed by atoms with van der Waals surface area (Å²) in [6.45, 7) is 2.37. The van der Waals surface area contributed by atoms with Gasteiger partial charge in [-0.15, -0.1) is 0 Å². The Morgan fingerprint density at radius 1 is 1.53 bits per heavy atom. The number of carbonyl (C=O) groups is 1. The molecule has 0 saturated heterocycles. The number of nitrogens with zero attached hydrogens (tertiary/aromatic N) is 1. The number of hydrogen-bond donors (Lipinski definition) is 2. The van der Waals surface area contributed by atoms with Gasteiger partial charge in [0.05, 0.1) is 11.5 Å². The van der Waals surface area contributed by atoms with Crippen molar-refractivity contribution in [1.29, 1.82) is 0 Å². The Morgan fingerprint density at radius 3 is 2.82 bits per heavy atom. The minimum atomic E-state index is -0.470. The second-order valence-electron chi connectivity index (χ2n) is 3.23. The molecule has 0 aliphatic carbocycles. The number of halogens is 1. The number of rotatable bonds is 5. The molecule has 1 rings (SSSR count). The lowest BCUT2D eigenvalue weighted by atomic mass is 10.2. The number of carbonyl (C=O) groups excluding carboxylic acids is 1. The Hall–Kier alpha value is -1.38. The molecule has 0 saturated carbocycles. The maximum atomic E-state index is 11.2. The van der Waals surface area contributed by atoms with E-state index in [4.69, 9.17) is 0 Å². The maximum Gasteiger partial charge on any atom is 0.293 e. The third-order valence-corrected chi connectivity index (χ3v) is 2.64. The van der Waals surface area contributed by atoms with E-state index in [2.05, 4.69) is 10.6 Å². The molecule has 0 aliphatic rings. The van der Waals surface area contributed by atoms with Gasteiger partial charge < -0.3 is 10.6 Å². The van der Waals surface area contributed by atoms with Gasteiger partial charge in [-0.1, -0.05) is 0 Å². The number of anilines is 1. The molecule has 0 aromatic heterocycles. The van der Waals surface area contributed by atoms with E-state index in [1.807, 2.05) is 29.5 Å². The third-order valence-electron chi connectivity index (χ3n) is 1.97. The molecule has 0 atom stereocenters. The number of nitro groups is 1. The molecule has 92 valence electrons. The molecular formula is C10H12IN3O3. The topological polar surface area (TPSA) is 84.3 Å². The van der Waals surface area contributed by atoms with Gasteiger partial charge in [0, 0.05) is 16.2 Å². The largest absolute Gasteiger partial charge is 0.371 e. The molecule has 0 bridgehead atoms. The molecule has 7 heteroatoms. The van der Waals surface area contributed by atoms with Crippen molar-refractivity contribution < 1.29 is 9.72 Å². The summed E-state index contributed by atoms with van der Waals surface area (Å²) < 4.78 is 0.776. The van der Waals surface area contributed by atoms with E-state index in [0.717, 1.165) is 3.57 Å². The molecule has 2 N–H and O–H groups in total. The van der Waals surface area contributed by atoms with Crippen LogP contribution >= 0.6 is 22.6 Å². The monoisotopic (exact) mass is 349 g/mol. The second-order valence-corrected chi connectivity index (χ2v) is 4.47. The molecule has 6 nitrogen and oxygen atoms in total. The van der Waals surface area contributed by atoms with Crippen molar-refractivity contribution in [1.82, 2.24) is 5.32 Å². The van der Waals surface area contributed by atoms with Crippen molar-refractivity contribution in [2.45, 2.75) is 6.92 Å². The Morgan fingerprint density at radius 2 is 2.24 bits per heavy atom. The number of amides is 1. The highest BCUT2D eigenvalue weighted by Gasteiger charge is 2.14. The van der Waals surface area contributed by atoms with Crippen molar-refractivity contribution in [3.8, 4) is 0 Å². The SMILES string of the molecule is CCNC(=O)CNc1ccc(I)cc1[N+](=O)[O-]. The molecule has 0 aliphatic heterocycles. The van der Waals surface area contributed by atoms with Crippen LogP contribution in [0.1, 0.15) is 6.92 Å². The van der Waals surface area contributed by atoms with E-state index in [-0.39, 0.29) is 18.1 Å². The summed E-state index contributed by atoms with van der Waals surface area (Å²) >= 11 is 2.00. The van der Waals surface area contributed by atoms with E-state index in [0.29, 0.717) is 12.2 Å². The van der Waals surface area contributed by atoms with E-state index < -0.39 is 4.92 Å². The lowest BCUT2D eigenvalue weighted by Gasteiger charge is -2.07. The van der Waals surface area contributed by atoms with Crippen molar-refractivity contribution in [2.75, 3.05) is 18.4 Å². The van der Waals surface area contributed by atoms with Crippen LogP contribution in [0.2, 0.25) is 0 Å². The molecule has 1 amide bonds. The molecular weight excluding hydrogens is 337 g/mol. The summed E-state index contributed by atoms with van der Waals surface area (Å²) in [5, 5.41) is 16.2. The molecule has 0 radical (unpaired) electrons. The highest BCUT2D eigenvalue weighted by atomic mass is 127. The molecule has 0 spiro atoms. The van der Waals surface area contributed by atoms with Gasteiger partial charge in [0.1, 0.15) is 5.69 Å². The predicted molar refractivity (Wildman–Crippen MR) is 73.0 cm³/mol. The summed E-state index contributed by atoms with van der Waals surface area (Å²) in [6, 6.07) is 4.80. The first kappa shape index (κ1) is 13.7. The lowest BCUT2D eigenvalue weighted by molar-refractivity contribution is -0.384. The molecule has 1 aromatic rings. The van der Waals surface area contributed by atoms with Crippen LogP contribution in [0.25, 0.3) is 0 Å². The van der Waals surface area contributed by atoms with Crippen LogP contribution in [0.4, 0.5) is 11.4 Å². The van der Waals surface area contributed by atoms with Gasteiger partial charge in [-0.2, -0.15) is 0 Å². The number of benzene rings is 1. The van der Waals surface area contributed by atoms with Crippen LogP contribution in [0.5, 0.6) is 0 Å². The quantitative estimate of drug-likeness (QED) is 0.482. The highest BCUT2D eigenvalue weighted by molar-refractivity contribution is 14.1. The fourth-order valence-electron chi connectivity index (χ4n) is 1.24. The standard InChI is InChI=1S/C10H12IN3O3/c1-2-12-10(15)6-13-8-4-3-7(11)5-9(8)14(16)17/h3-5,13H,2,6H2,1H3,(H,12,15). The van der Waals surface area contributed by atoms with Gasteiger partial charge in [0.25, 0.3) is 5.69 Å². The zero-order valence-corrected chi connectivity index (χ0v) is 11.4. The summed E-state index contributed by atoms with van der Waals surface area (Å²) in [7, 11) is 0. The number of hydrogen-bond acceptors (Lipinski definition) is 4. The van der Waals surface area contributed by atoms with Gasteiger partial charge in [-0.3, -0.25) is 14.9 Å². The van der Waals surface area contributed by atoms with Crippen LogP contribution in [0.15, 0.2) is 18.2 Å². The van der Waals surface area contributed by atoms with Gasteiger partial charge in [-0.25, -0.2) is 0 Å². The fraction of sp³-hybridized carbons (Fsp3) is 0.300. The second kappa shape index (κ2) is 6.38. The van der Waals surface area contributed by atoms with Crippen molar-refractivity contribution in [2.24, 2.45) is 0 Å². The third kappa shape index (κ3) is 4.17. The Bertz CT molecular complexity index is 437. The normalized spacial score (nSPS) is 9.76. The first-order chi connectivity index (χ1) is 8.04. The highest BCUT2D eigenvalue weighted by Crippen LogP contribution is 2.25. The Labute approximate surface area is 112 Å².